The Morgan fingerprint density at radius 3 is 2.14 bits per heavy atom. The molecule has 0 saturated heterocycles. The van der Waals surface area contributed by atoms with Crippen molar-refractivity contribution in [3.63, 3.8) is 0 Å². The van der Waals surface area contributed by atoms with E-state index in [1.54, 1.807) is 18.2 Å². The molecule has 0 aromatic heterocycles. The molecule has 0 heterocycles. The summed E-state index contributed by atoms with van der Waals surface area (Å²) >= 11 is 0. The molecule has 0 saturated carbocycles. The van der Waals surface area contributed by atoms with Gasteiger partial charge in [-0.15, -0.1) is 0 Å². The number of carboxylic acid groups (broad SMARTS) is 1. The van der Waals surface area contributed by atoms with E-state index in [4.69, 9.17) is 5.11 Å². The molecule has 3 aromatic carbocycles. The third kappa shape index (κ3) is 6.40. The van der Waals surface area contributed by atoms with E-state index < -0.39 is 5.97 Å². The number of hydrogen-bond acceptors (Lipinski definition) is 2. The van der Waals surface area contributed by atoms with E-state index in [1.165, 1.54) is 22.8 Å². The molecule has 0 aliphatic heterocycles. The summed E-state index contributed by atoms with van der Waals surface area (Å²) in [5.74, 6) is -1.20. The van der Waals surface area contributed by atoms with Gasteiger partial charge in [0.15, 0.2) is 0 Å². The number of aryl methyl sites for hydroxylation is 1. The normalized spacial score (nSPS) is 9.79. The lowest BCUT2D eigenvalue weighted by atomic mass is 10.0. The number of carbonyl (C=O) groups excluding carboxylic acids is 1. The Hall–Kier alpha value is -3.40. The SMILES string of the molecule is CCCC(=O)Nc1ccccc1C(=O)O.Cc1cccc(-c2ccccc2)c1. The molecule has 28 heavy (non-hydrogen) atoms. The van der Waals surface area contributed by atoms with Crippen molar-refractivity contribution >= 4 is 17.6 Å². The predicted octanol–water partition coefficient (Wildman–Crippen LogP) is 5.79. The third-order valence-corrected chi connectivity index (χ3v) is 4.03. The highest BCUT2D eigenvalue weighted by molar-refractivity contribution is 6.00. The van der Waals surface area contributed by atoms with E-state index in [0.29, 0.717) is 12.1 Å². The van der Waals surface area contributed by atoms with Crippen LogP contribution in [0.5, 0.6) is 0 Å². The summed E-state index contributed by atoms with van der Waals surface area (Å²) in [5, 5.41) is 11.4. The highest BCUT2D eigenvalue weighted by Crippen LogP contribution is 2.19. The molecule has 0 fully saturated rings. The van der Waals surface area contributed by atoms with Crippen LogP contribution in [0.25, 0.3) is 11.1 Å². The lowest BCUT2D eigenvalue weighted by Gasteiger charge is -2.07. The topological polar surface area (TPSA) is 66.4 Å². The molecule has 4 heteroatoms. The van der Waals surface area contributed by atoms with Gasteiger partial charge >= 0.3 is 5.97 Å². The smallest absolute Gasteiger partial charge is 0.337 e. The van der Waals surface area contributed by atoms with Crippen LogP contribution in [-0.2, 0) is 4.79 Å². The molecule has 0 unspecified atom stereocenters. The number of rotatable bonds is 5. The fraction of sp³-hybridized carbons (Fsp3) is 0.167. The fourth-order valence-electron chi connectivity index (χ4n) is 2.67. The minimum atomic E-state index is -1.04. The molecular weight excluding hydrogens is 350 g/mol. The highest BCUT2D eigenvalue weighted by atomic mass is 16.4. The number of carboxylic acids is 1. The van der Waals surface area contributed by atoms with Gasteiger partial charge in [0.05, 0.1) is 11.3 Å². The van der Waals surface area contributed by atoms with Crippen molar-refractivity contribution in [3.05, 3.63) is 90.0 Å². The lowest BCUT2D eigenvalue weighted by molar-refractivity contribution is -0.116. The molecule has 144 valence electrons. The van der Waals surface area contributed by atoms with Crippen LogP contribution in [0.2, 0.25) is 0 Å². The van der Waals surface area contributed by atoms with Gasteiger partial charge in [-0.2, -0.15) is 0 Å². The molecule has 0 aliphatic carbocycles. The van der Waals surface area contributed by atoms with Crippen molar-refractivity contribution in [2.24, 2.45) is 0 Å². The van der Waals surface area contributed by atoms with Gasteiger partial charge in [-0.25, -0.2) is 4.79 Å². The number of amides is 1. The molecule has 0 spiro atoms. The number of anilines is 1. The molecule has 2 N–H and O–H groups in total. The number of para-hydroxylation sites is 1. The van der Waals surface area contributed by atoms with Crippen molar-refractivity contribution in [1.82, 2.24) is 0 Å². The summed E-state index contributed by atoms with van der Waals surface area (Å²) in [6.45, 7) is 4.01. The molecule has 0 atom stereocenters. The first-order valence-corrected chi connectivity index (χ1v) is 9.25. The van der Waals surface area contributed by atoms with Crippen LogP contribution >= 0.6 is 0 Å². The first-order valence-electron chi connectivity index (χ1n) is 9.25. The Bertz CT molecular complexity index is 920. The summed E-state index contributed by atoms with van der Waals surface area (Å²) in [6.07, 6.45) is 1.13. The average molecular weight is 375 g/mol. The van der Waals surface area contributed by atoms with E-state index in [-0.39, 0.29) is 11.5 Å². The Labute approximate surface area is 165 Å². The van der Waals surface area contributed by atoms with E-state index in [9.17, 15) is 9.59 Å². The second-order valence-corrected chi connectivity index (χ2v) is 6.38. The summed E-state index contributed by atoms with van der Waals surface area (Å²) in [5.41, 5.74) is 4.35. The first-order chi connectivity index (χ1) is 13.5. The average Bonchev–Trinajstić information content (AvgIpc) is 2.69. The lowest BCUT2D eigenvalue weighted by Crippen LogP contribution is -2.13. The Morgan fingerprint density at radius 1 is 0.857 bits per heavy atom. The number of benzene rings is 3. The summed E-state index contributed by atoms with van der Waals surface area (Å²) < 4.78 is 0. The molecule has 0 radical (unpaired) electrons. The highest BCUT2D eigenvalue weighted by Gasteiger charge is 2.10. The Morgan fingerprint density at radius 2 is 1.50 bits per heavy atom. The van der Waals surface area contributed by atoms with Crippen molar-refractivity contribution in [1.29, 1.82) is 0 Å². The van der Waals surface area contributed by atoms with Crippen molar-refractivity contribution in [2.75, 3.05) is 5.32 Å². The van der Waals surface area contributed by atoms with Gasteiger partial charge in [0.1, 0.15) is 0 Å². The van der Waals surface area contributed by atoms with Gasteiger partial charge < -0.3 is 10.4 Å². The van der Waals surface area contributed by atoms with Gasteiger partial charge in [-0.05, 0) is 36.6 Å². The van der Waals surface area contributed by atoms with Crippen molar-refractivity contribution in [3.8, 4) is 11.1 Å². The van der Waals surface area contributed by atoms with E-state index in [1.807, 2.05) is 13.0 Å². The zero-order valence-corrected chi connectivity index (χ0v) is 16.2. The third-order valence-electron chi connectivity index (χ3n) is 4.03. The van der Waals surface area contributed by atoms with Gasteiger partial charge in [0.25, 0.3) is 0 Å². The van der Waals surface area contributed by atoms with Crippen LogP contribution in [-0.4, -0.2) is 17.0 Å². The van der Waals surface area contributed by atoms with Crippen LogP contribution in [0.3, 0.4) is 0 Å². The quantitative estimate of drug-likeness (QED) is 0.593. The minimum absolute atomic E-state index is 0.113. The summed E-state index contributed by atoms with van der Waals surface area (Å²) in [6, 6.07) is 25.4. The van der Waals surface area contributed by atoms with Crippen LogP contribution < -0.4 is 5.32 Å². The molecule has 4 nitrogen and oxygen atoms in total. The van der Waals surface area contributed by atoms with E-state index >= 15 is 0 Å². The molecule has 3 rings (SSSR count). The number of aromatic carboxylic acids is 1. The molecule has 1 amide bonds. The van der Waals surface area contributed by atoms with Crippen molar-refractivity contribution < 1.29 is 14.7 Å². The zero-order chi connectivity index (χ0) is 20.4. The second-order valence-electron chi connectivity index (χ2n) is 6.38. The summed E-state index contributed by atoms with van der Waals surface area (Å²) in [4.78, 5) is 22.1. The van der Waals surface area contributed by atoms with E-state index in [2.05, 4.69) is 60.8 Å². The fourth-order valence-corrected chi connectivity index (χ4v) is 2.67. The molecular formula is C24H25NO3. The van der Waals surface area contributed by atoms with Gasteiger partial charge in [0.2, 0.25) is 5.91 Å². The number of hydrogen-bond donors (Lipinski definition) is 2. The monoisotopic (exact) mass is 375 g/mol. The largest absolute Gasteiger partial charge is 0.478 e. The van der Waals surface area contributed by atoms with Crippen LogP contribution in [0.1, 0.15) is 35.7 Å². The predicted molar refractivity (Wildman–Crippen MR) is 114 cm³/mol. The second kappa shape index (κ2) is 10.7. The minimum Gasteiger partial charge on any atom is -0.478 e. The van der Waals surface area contributed by atoms with Crippen LogP contribution in [0, 0.1) is 6.92 Å². The van der Waals surface area contributed by atoms with Crippen LogP contribution in [0.15, 0.2) is 78.9 Å². The van der Waals surface area contributed by atoms with Gasteiger partial charge in [-0.3, -0.25) is 4.79 Å². The maximum Gasteiger partial charge on any atom is 0.337 e. The number of nitrogens with one attached hydrogen (secondary N) is 1. The molecule has 0 aliphatic rings. The Kier molecular flexibility index (Phi) is 7.97. The van der Waals surface area contributed by atoms with Crippen LogP contribution in [0.4, 0.5) is 5.69 Å². The van der Waals surface area contributed by atoms with Crippen molar-refractivity contribution in [2.45, 2.75) is 26.7 Å². The van der Waals surface area contributed by atoms with Gasteiger partial charge in [0, 0.05) is 6.42 Å². The molecule has 0 bridgehead atoms. The number of carbonyl (C=O) groups is 2. The zero-order valence-electron chi connectivity index (χ0n) is 16.2. The van der Waals surface area contributed by atoms with E-state index in [0.717, 1.165) is 6.42 Å². The molecule has 3 aromatic rings. The van der Waals surface area contributed by atoms with Gasteiger partial charge in [-0.1, -0.05) is 79.2 Å². The summed E-state index contributed by atoms with van der Waals surface area (Å²) in [7, 11) is 0. The Balaban J connectivity index is 0.000000202. The maximum absolute atomic E-state index is 11.3. The first kappa shape index (κ1) is 20.9. The maximum atomic E-state index is 11.3. The standard InChI is InChI=1S/C13H12.C11H13NO3/c1-11-6-5-9-13(10-11)12-7-3-2-4-8-12;1-2-5-10(13)12-9-7-4-3-6-8(9)11(14)15/h2-10H,1H3;3-4,6-7H,2,5H2,1H3,(H,12,13)(H,14,15).